The summed E-state index contributed by atoms with van der Waals surface area (Å²) in [6, 6.07) is 77.7. The fourth-order valence-electron chi connectivity index (χ4n) is 6.37. The van der Waals surface area contributed by atoms with E-state index < -0.39 is 7.92 Å². The van der Waals surface area contributed by atoms with Crippen LogP contribution >= 0.6 is 7.92 Å². The maximum Gasteiger partial charge on any atom is 1.00 e. The van der Waals surface area contributed by atoms with Gasteiger partial charge in [-0.25, -0.2) is 0 Å². The average Bonchev–Trinajstić information content (AvgIpc) is 3.59. The van der Waals surface area contributed by atoms with E-state index in [9.17, 15) is 0 Å². The first-order valence-corrected chi connectivity index (χ1v) is 18.0. The molecule has 8 aromatic rings. The van der Waals surface area contributed by atoms with E-state index in [1.54, 1.807) is 0 Å². The second-order valence-corrected chi connectivity index (χ2v) is 14.1. The van der Waals surface area contributed by atoms with Crippen LogP contribution in [0.4, 0.5) is 0 Å². The van der Waals surface area contributed by atoms with Gasteiger partial charge in [0.25, 0.3) is 0 Å². The van der Waals surface area contributed by atoms with Crippen LogP contribution in [0, 0.1) is 0 Å². The Hall–Kier alpha value is -4.94. The van der Waals surface area contributed by atoms with Crippen molar-refractivity contribution in [1.29, 1.82) is 0 Å². The Morgan fingerprint density at radius 3 is 0.755 bits per heavy atom. The van der Waals surface area contributed by atoms with Crippen LogP contribution in [0.5, 0.6) is 0 Å². The van der Waals surface area contributed by atoms with Crippen molar-refractivity contribution < 1.29 is 22.4 Å². The molecule has 0 aliphatic heterocycles. The van der Waals surface area contributed by atoms with Crippen LogP contribution in [0.3, 0.4) is 0 Å². The molecular formula is C47H37AuP+. The van der Waals surface area contributed by atoms with Crippen molar-refractivity contribution in [3.63, 3.8) is 0 Å². The summed E-state index contributed by atoms with van der Waals surface area (Å²) in [5.41, 5.74) is 10.1. The Balaban J connectivity index is 0.000000181. The van der Waals surface area contributed by atoms with Crippen molar-refractivity contribution in [2.24, 2.45) is 0 Å². The van der Waals surface area contributed by atoms with Crippen molar-refractivity contribution >= 4 is 23.8 Å². The number of rotatable bonds is 7. The molecular weight excluding hydrogens is 792 g/mol. The van der Waals surface area contributed by atoms with E-state index >= 15 is 0 Å². The molecule has 240 valence electrons. The monoisotopic (exact) mass is 829 g/mol. The quantitative estimate of drug-likeness (QED) is 0.0853. The van der Waals surface area contributed by atoms with Crippen molar-refractivity contribution in [3.05, 3.63) is 218 Å². The van der Waals surface area contributed by atoms with Crippen LogP contribution in [0.15, 0.2) is 218 Å². The SMILES string of the molecule is [Au+].c1ccc(-c2[cH-]c(-c3ccccc3)c(-c3ccccc3)c2-c2ccccc2)cc1.c1ccc([PH+](c2ccccc2)c2ccccc2)cc1. The summed E-state index contributed by atoms with van der Waals surface area (Å²) >= 11 is 0. The van der Waals surface area contributed by atoms with Crippen LogP contribution in [0.1, 0.15) is 0 Å². The van der Waals surface area contributed by atoms with Crippen molar-refractivity contribution in [2.45, 2.75) is 0 Å². The summed E-state index contributed by atoms with van der Waals surface area (Å²) in [4.78, 5) is 0. The van der Waals surface area contributed by atoms with E-state index in [2.05, 4.69) is 218 Å². The van der Waals surface area contributed by atoms with Crippen LogP contribution in [-0.2, 0) is 22.4 Å². The van der Waals surface area contributed by atoms with Crippen LogP contribution in [-0.4, -0.2) is 0 Å². The molecule has 0 saturated carbocycles. The minimum atomic E-state index is -0.877. The van der Waals surface area contributed by atoms with E-state index in [-0.39, 0.29) is 22.4 Å². The zero-order valence-electron chi connectivity index (χ0n) is 27.1. The van der Waals surface area contributed by atoms with Crippen molar-refractivity contribution in [2.75, 3.05) is 0 Å². The van der Waals surface area contributed by atoms with Crippen LogP contribution in [0.2, 0.25) is 0 Å². The first-order chi connectivity index (χ1) is 23.9. The Morgan fingerprint density at radius 2 is 0.490 bits per heavy atom. The minimum Gasteiger partial charge on any atom is -0.125 e. The molecule has 0 bridgehead atoms. The van der Waals surface area contributed by atoms with Gasteiger partial charge in [0.2, 0.25) is 0 Å². The van der Waals surface area contributed by atoms with Gasteiger partial charge in [0, 0.05) is 0 Å². The van der Waals surface area contributed by atoms with Gasteiger partial charge in [0.05, 0.1) is 7.92 Å². The summed E-state index contributed by atoms with van der Waals surface area (Å²) < 4.78 is 0. The molecule has 2 heteroatoms. The van der Waals surface area contributed by atoms with Crippen molar-refractivity contribution in [1.82, 2.24) is 0 Å². The Morgan fingerprint density at radius 1 is 0.265 bits per heavy atom. The molecule has 0 radical (unpaired) electrons. The predicted octanol–water partition coefficient (Wildman–Crippen LogP) is 11.2. The normalized spacial score (nSPS) is 10.5. The zero-order chi connectivity index (χ0) is 32.4. The predicted molar refractivity (Wildman–Crippen MR) is 210 cm³/mol. The maximum absolute atomic E-state index is 2.36. The van der Waals surface area contributed by atoms with Gasteiger partial charge in [-0.3, -0.25) is 0 Å². The largest absolute Gasteiger partial charge is 1.00 e. The summed E-state index contributed by atoms with van der Waals surface area (Å²) in [6.07, 6.45) is 0. The van der Waals surface area contributed by atoms with Gasteiger partial charge >= 0.3 is 22.4 Å². The van der Waals surface area contributed by atoms with Gasteiger partial charge in [0.1, 0.15) is 15.9 Å². The van der Waals surface area contributed by atoms with Gasteiger partial charge in [-0.15, -0.1) is 28.3 Å². The first kappa shape index (κ1) is 33.9. The first-order valence-electron chi connectivity index (χ1n) is 16.5. The summed E-state index contributed by atoms with van der Waals surface area (Å²) in [6.45, 7) is 0. The minimum absolute atomic E-state index is 0. The van der Waals surface area contributed by atoms with Crippen molar-refractivity contribution in [3.8, 4) is 44.5 Å². The molecule has 0 atom stereocenters. The second-order valence-electron chi connectivity index (χ2n) is 11.7. The third kappa shape index (κ3) is 8.03. The molecule has 0 saturated heterocycles. The zero-order valence-corrected chi connectivity index (χ0v) is 30.3. The van der Waals surface area contributed by atoms with Gasteiger partial charge in [-0.1, -0.05) is 198 Å². The molecule has 0 unspecified atom stereocenters. The average molecular weight is 830 g/mol. The molecule has 0 fully saturated rings. The van der Waals surface area contributed by atoms with Gasteiger partial charge in [-0.05, 0) is 36.4 Å². The molecule has 8 rings (SSSR count). The molecule has 0 nitrogen and oxygen atoms in total. The summed E-state index contributed by atoms with van der Waals surface area (Å²) in [5.74, 6) is 0. The summed E-state index contributed by atoms with van der Waals surface area (Å²) in [7, 11) is -0.877. The van der Waals surface area contributed by atoms with E-state index in [0.29, 0.717) is 0 Å². The van der Waals surface area contributed by atoms with Crippen LogP contribution in [0.25, 0.3) is 44.5 Å². The fraction of sp³-hybridized carbons (Fsp3) is 0. The Kier molecular flexibility index (Phi) is 11.7. The van der Waals surface area contributed by atoms with E-state index in [4.69, 9.17) is 0 Å². The third-order valence-electron chi connectivity index (χ3n) is 8.56. The van der Waals surface area contributed by atoms with Gasteiger partial charge < -0.3 is 0 Å². The molecule has 0 aliphatic rings. The number of hydrogen-bond donors (Lipinski definition) is 0. The second kappa shape index (κ2) is 16.9. The summed E-state index contributed by atoms with van der Waals surface area (Å²) in [5, 5.41) is 4.31. The van der Waals surface area contributed by atoms with E-state index in [1.807, 2.05) is 0 Å². The Labute approximate surface area is 307 Å². The smallest absolute Gasteiger partial charge is 0.125 e. The fourth-order valence-corrected chi connectivity index (χ4v) is 8.95. The molecule has 0 amide bonds. The van der Waals surface area contributed by atoms with Gasteiger partial charge in [-0.2, -0.15) is 0 Å². The van der Waals surface area contributed by atoms with E-state index in [1.165, 1.54) is 60.4 Å². The molecule has 0 spiro atoms. The molecule has 0 aliphatic carbocycles. The molecule has 8 aromatic carbocycles. The number of hydrogen-bond acceptors (Lipinski definition) is 0. The standard InChI is InChI=1S/C29H21.C18H15P.Au/c1-5-13-22(14-6-1)26-21-27(23-15-7-2-8-16-23)29(25-19-11-4-12-20-25)28(26)24-17-9-3-10-18-24;1-4-10-16(11-5-1)19(17-12-6-2-7-13-17)18-14-8-3-9-15-18;/h1-21H;1-15H;/q-1;;+1/p+1. The molecule has 0 heterocycles. The van der Waals surface area contributed by atoms with Gasteiger partial charge in [0.15, 0.2) is 0 Å². The maximum atomic E-state index is 2.36. The van der Waals surface area contributed by atoms with E-state index in [0.717, 1.165) is 0 Å². The molecule has 0 aromatic heterocycles. The Bertz CT molecular complexity index is 1940. The molecule has 0 N–H and O–H groups in total. The molecule has 49 heavy (non-hydrogen) atoms. The third-order valence-corrected chi connectivity index (χ3v) is 11.3. The van der Waals surface area contributed by atoms with Crippen LogP contribution < -0.4 is 15.9 Å². The topological polar surface area (TPSA) is 0 Å². The number of benzene rings is 7.